The summed E-state index contributed by atoms with van der Waals surface area (Å²) in [6, 6.07) is 17.2. The molecule has 3 aromatic carbocycles. The average molecular weight is 418 g/mol. The highest BCUT2D eigenvalue weighted by molar-refractivity contribution is 9.10. The van der Waals surface area contributed by atoms with Crippen molar-refractivity contribution >= 4 is 43.6 Å². The van der Waals surface area contributed by atoms with Crippen LogP contribution in [0.3, 0.4) is 0 Å². The van der Waals surface area contributed by atoms with E-state index in [0.29, 0.717) is 27.9 Å². The molecule has 0 saturated carbocycles. The van der Waals surface area contributed by atoms with Crippen molar-refractivity contribution in [3.63, 3.8) is 0 Å². The van der Waals surface area contributed by atoms with Gasteiger partial charge in [0.05, 0.1) is 23.9 Å². The van der Waals surface area contributed by atoms with Crippen LogP contribution in [0.2, 0.25) is 0 Å². The molecule has 4 rings (SSSR count). The van der Waals surface area contributed by atoms with E-state index in [-0.39, 0.29) is 16.8 Å². The SMILES string of the molecule is COc1ccc2c(c1)oc1c(-c3ccc(Br)cc3)c(C#N)c(N)c(C#N)c12. The predicted molar refractivity (Wildman–Crippen MR) is 107 cm³/mol. The van der Waals surface area contributed by atoms with Crippen molar-refractivity contribution in [2.24, 2.45) is 0 Å². The van der Waals surface area contributed by atoms with Gasteiger partial charge in [0.15, 0.2) is 0 Å². The number of nitriles is 2. The molecule has 0 aliphatic carbocycles. The Balaban J connectivity index is 2.24. The number of ether oxygens (including phenoxy) is 1. The molecule has 130 valence electrons. The van der Waals surface area contributed by atoms with E-state index in [1.54, 1.807) is 19.2 Å². The van der Waals surface area contributed by atoms with Gasteiger partial charge >= 0.3 is 0 Å². The van der Waals surface area contributed by atoms with Crippen LogP contribution in [0.25, 0.3) is 33.1 Å². The molecule has 0 saturated heterocycles. The van der Waals surface area contributed by atoms with Crippen LogP contribution in [0.4, 0.5) is 5.69 Å². The molecule has 0 amide bonds. The van der Waals surface area contributed by atoms with Crippen molar-refractivity contribution in [1.82, 2.24) is 0 Å². The lowest BCUT2D eigenvalue weighted by Crippen LogP contribution is -1.99. The van der Waals surface area contributed by atoms with E-state index < -0.39 is 0 Å². The Morgan fingerprint density at radius 3 is 2.37 bits per heavy atom. The van der Waals surface area contributed by atoms with Gasteiger partial charge in [0, 0.05) is 26.9 Å². The highest BCUT2D eigenvalue weighted by Gasteiger charge is 2.24. The van der Waals surface area contributed by atoms with Crippen molar-refractivity contribution < 1.29 is 9.15 Å². The Hall–Kier alpha value is -3.48. The van der Waals surface area contributed by atoms with E-state index >= 15 is 0 Å². The fourth-order valence-corrected chi connectivity index (χ4v) is 3.52. The van der Waals surface area contributed by atoms with Gasteiger partial charge in [-0.2, -0.15) is 10.5 Å². The summed E-state index contributed by atoms with van der Waals surface area (Å²) < 4.78 is 12.3. The van der Waals surface area contributed by atoms with Gasteiger partial charge < -0.3 is 14.9 Å². The smallest absolute Gasteiger partial charge is 0.146 e. The number of benzene rings is 3. The molecule has 27 heavy (non-hydrogen) atoms. The summed E-state index contributed by atoms with van der Waals surface area (Å²) in [7, 11) is 1.57. The molecule has 1 heterocycles. The van der Waals surface area contributed by atoms with Gasteiger partial charge in [-0.25, -0.2) is 0 Å². The second-order valence-corrected chi connectivity index (χ2v) is 6.85. The minimum atomic E-state index is 0.156. The van der Waals surface area contributed by atoms with Gasteiger partial charge in [-0.05, 0) is 29.8 Å². The van der Waals surface area contributed by atoms with E-state index in [1.165, 1.54) is 0 Å². The molecule has 4 aromatic rings. The third kappa shape index (κ3) is 2.51. The maximum atomic E-state index is 9.74. The molecule has 5 nitrogen and oxygen atoms in total. The van der Waals surface area contributed by atoms with Gasteiger partial charge in [-0.3, -0.25) is 0 Å². The third-order valence-corrected chi connectivity index (χ3v) is 5.05. The van der Waals surface area contributed by atoms with E-state index in [2.05, 4.69) is 28.1 Å². The fourth-order valence-electron chi connectivity index (χ4n) is 3.26. The van der Waals surface area contributed by atoms with Crippen molar-refractivity contribution in [2.45, 2.75) is 0 Å². The minimum Gasteiger partial charge on any atom is -0.497 e. The first-order valence-corrected chi connectivity index (χ1v) is 8.80. The topological polar surface area (TPSA) is 96.0 Å². The Bertz CT molecular complexity index is 1290. The number of halogens is 1. The minimum absolute atomic E-state index is 0.156. The third-order valence-electron chi connectivity index (χ3n) is 4.52. The zero-order valence-electron chi connectivity index (χ0n) is 14.2. The molecule has 0 bridgehead atoms. The lowest BCUT2D eigenvalue weighted by molar-refractivity contribution is 0.414. The Labute approximate surface area is 163 Å². The quantitative estimate of drug-likeness (QED) is 0.443. The lowest BCUT2D eigenvalue weighted by Gasteiger charge is -2.10. The zero-order valence-corrected chi connectivity index (χ0v) is 15.8. The number of furan rings is 1. The Morgan fingerprint density at radius 2 is 1.74 bits per heavy atom. The van der Waals surface area contributed by atoms with E-state index in [9.17, 15) is 10.5 Å². The van der Waals surface area contributed by atoms with Crippen LogP contribution in [-0.2, 0) is 0 Å². The number of nitrogens with zero attached hydrogens (tertiary/aromatic N) is 2. The molecule has 0 radical (unpaired) electrons. The van der Waals surface area contributed by atoms with E-state index in [0.717, 1.165) is 15.4 Å². The van der Waals surface area contributed by atoms with Crippen LogP contribution < -0.4 is 10.5 Å². The molecule has 1 aromatic heterocycles. The van der Waals surface area contributed by atoms with Gasteiger partial charge in [-0.15, -0.1) is 0 Å². The van der Waals surface area contributed by atoms with Crippen molar-refractivity contribution in [3.05, 3.63) is 58.1 Å². The number of rotatable bonds is 2. The summed E-state index contributed by atoms with van der Waals surface area (Å²) in [5.41, 5.74) is 9.23. The summed E-state index contributed by atoms with van der Waals surface area (Å²) in [5.74, 6) is 0.638. The number of fused-ring (bicyclic) bond motifs is 3. The van der Waals surface area contributed by atoms with Crippen LogP contribution in [0.5, 0.6) is 5.75 Å². The van der Waals surface area contributed by atoms with E-state index in [4.69, 9.17) is 14.9 Å². The molecule has 0 atom stereocenters. The van der Waals surface area contributed by atoms with Gasteiger partial charge in [-0.1, -0.05) is 28.1 Å². The van der Waals surface area contributed by atoms with Gasteiger partial charge in [0.25, 0.3) is 0 Å². The number of anilines is 1. The van der Waals surface area contributed by atoms with Crippen LogP contribution in [0.15, 0.2) is 51.4 Å². The molecule has 6 heteroatoms. The highest BCUT2D eigenvalue weighted by Crippen LogP contribution is 2.44. The van der Waals surface area contributed by atoms with Crippen molar-refractivity contribution in [2.75, 3.05) is 12.8 Å². The molecule has 0 fully saturated rings. The maximum absolute atomic E-state index is 9.74. The molecule has 0 spiro atoms. The predicted octanol–water partition coefficient (Wildman–Crippen LogP) is 5.35. The number of hydrogen-bond donors (Lipinski definition) is 1. The highest BCUT2D eigenvalue weighted by atomic mass is 79.9. The normalized spacial score (nSPS) is 10.7. The van der Waals surface area contributed by atoms with Crippen LogP contribution >= 0.6 is 15.9 Å². The van der Waals surface area contributed by atoms with Crippen LogP contribution in [-0.4, -0.2) is 7.11 Å². The van der Waals surface area contributed by atoms with Crippen LogP contribution in [0.1, 0.15) is 11.1 Å². The fraction of sp³-hybridized carbons (Fsp3) is 0.0476. The molecule has 0 aliphatic rings. The summed E-state index contributed by atoms with van der Waals surface area (Å²) in [6.07, 6.45) is 0. The second kappa shape index (κ2) is 6.35. The van der Waals surface area contributed by atoms with Crippen LogP contribution in [0, 0.1) is 22.7 Å². The largest absolute Gasteiger partial charge is 0.497 e. The maximum Gasteiger partial charge on any atom is 0.146 e. The number of nitrogens with two attached hydrogens (primary N) is 1. The summed E-state index contributed by atoms with van der Waals surface area (Å²) in [4.78, 5) is 0. The first kappa shape index (κ1) is 17.0. The molecule has 0 unspecified atom stereocenters. The lowest BCUT2D eigenvalue weighted by atomic mass is 9.92. The first-order valence-electron chi connectivity index (χ1n) is 8.00. The molecular weight excluding hydrogens is 406 g/mol. The number of hydrogen-bond acceptors (Lipinski definition) is 5. The average Bonchev–Trinajstić information content (AvgIpc) is 3.06. The zero-order chi connectivity index (χ0) is 19.1. The monoisotopic (exact) mass is 417 g/mol. The Kier molecular flexibility index (Phi) is 3.99. The van der Waals surface area contributed by atoms with E-state index in [1.807, 2.05) is 30.3 Å². The Morgan fingerprint density at radius 1 is 1.04 bits per heavy atom. The van der Waals surface area contributed by atoms with Crippen molar-refractivity contribution in [3.8, 4) is 29.0 Å². The van der Waals surface area contributed by atoms with Gasteiger partial charge in [0.2, 0.25) is 0 Å². The summed E-state index contributed by atoms with van der Waals surface area (Å²) >= 11 is 3.41. The summed E-state index contributed by atoms with van der Waals surface area (Å²) in [6.45, 7) is 0. The van der Waals surface area contributed by atoms with Crippen molar-refractivity contribution in [1.29, 1.82) is 10.5 Å². The molecule has 0 aliphatic heterocycles. The number of methoxy groups -OCH3 is 1. The van der Waals surface area contributed by atoms with Gasteiger partial charge in [0.1, 0.15) is 29.1 Å². The number of nitrogen functional groups attached to an aromatic ring is 1. The molecular formula is C21H12BrN3O2. The second-order valence-electron chi connectivity index (χ2n) is 5.94. The summed E-state index contributed by atoms with van der Waals surface area (Å²) in [5, 5.41) is 20.8. The molecule has 2 N–H and O–H groups in total. The standard InChI is InChI=1S/C21H12BrN3O2/c1-26-13-6-7-14-17(8-13)27-21-18(11-2-4-12(22)5-3-11)15(9-23)20(25)16(10-24)19(14)21/h2-8H,25H2,1H3. The first-order chi connectivity index (χ1) is 13.1.